The average Bonchev–Trinajstić information content (AvgIpc) is 2.61. The van der Waals surface area contributed by atoms with Crippen molar-refractivity contribution in [1.82, 2.24) is 10.3 Å². The summed E-state index contributed by atoms with van der Waals surface area (Å²) in [5.41, 5.74) is -0.136. The summed E-state index contributed by atoms with van der Waals surface area (Å²) in [6, 6.07) is 0.260. The first-order chi connectivity index (χ1) is 6.94. The maximum absolute atomic E-state index is 5.34. The van der Waals surface area contributed by atoms with Crippen LogP contribution in [0.2, 0.25) is 0 Å². The molecule has 1 N–H and O–H groups in total. The molecule has 1 atom stereocenters. The molecule has 1 unspecified atom stereocenters. The number of ether oxygens (including phenoxy) is 1. The highest BCUT2D eigenvalue weighted by Crippen LogP contribution is 2.24. The minimum atomic E-state index is -0.136. The Morgan fingerprint density at radius 3 is 2.80 bits per heavy atom. The quantitative estimate of drug-likeness (QED) is 0.906. The standard InChI is InChI=1S/C10H17BrN2OS/c1-7(9-12-5-8(11)15-9)13-6-10(2,3)14-4/h5,7,13H,6H2,1-4H3. The van der Waals surface area contributed by atoms with E-state index in [2.05, 4.69) is 47.0 Å². The first-order valence-electron chi connectivity index (χ1n) is 4.84. The number of nitrogens with one attached hydrogen (secondary N) is 1. The Hall–Kier alpha value is 0.0300. The molecule has 0 radical (unpaired) electrons. The van der Waals surface area contributed by atoms with Crippen LogP contribution in [0.4, 0.5) is 0 Å². The van der Waals surface area contributed by atoms with Crippen LogP contribution in [-0.4, -0.2) is 24.2 Å². The molecule has 1 rings (SSSR count). The number of thiazole rings is 1. The Morgan fingerprint density at radius 2 is 2.33 bits per heavy atom. The Morgan fingerprint density at radius 1 is 1.67 bits per heavy atom. The molecule has 0 aliphatic carbocycles. The predicted octanol–water partition coefficient (Wildman–Crippen LogP) is 2.98. The van der Waals surface area contributed by atoms with Gasteiger partial charge in [0.1, 0.15) is 5.01 Å². The van der Waals surface area contributed by atoms with Gasteiger partial charge >= 0.3 is 0 Å². The zero-order chi connectivity index (χ0) is 11.5. The molecule has 15 heavy (non-hydrogen) atoms. The molecule has 0 aromatic carbocycles. The van der Waals surface area contributed by atoms with E-state index in [0.29, 0.717) is 0 Å². The van der Waals surface area contributed by atoms with Gasteiger partial charge in [0.25, 0.3) is 0 Å². The monoisotopic (exact) mass is 292 g/mol. The van der Waals surface area contributed by atoms with Gasteiger partial charge in [-0.25, -0.2) is 4.98 Å². The number of methoxy groups -OCH3 is 1. The molecule has 86 valence electrons. The van der Waals surface area contributed by atoms with Crippen LogP contribution in [-0.2, 0) is 4.74 Å². The molecule has 0 saturated heterocycles. The summed E-state index contributed by atoms with van der Waals surface area (Å²) in [7, 11) is 1.73. The summed E-state index contributed by atoms with van der Waals surface area (Å²) in [6.07, 6.45) is 1.83. The molecule has 0 spiro atoms. The van der Waals surface area contributed by atoms with Crippen LogP contribution in [0.1, 0.15) is 31.8 Å². The summed E-state index contributed by atoms with van der Waals surface area (Å²) in [5, 5.41) is 4.50. The van der Waals surface area contributed by atoms with Crippen LogP contribution >= 0.6 is 27.3 Å². The zero-order valence-corrected chi connectivity index (χ0v) is 11.9. The summed E-state index contributed by atoms with van der Waals surface area (Å²) in [4.78, 5) is 4.31. The average molecular weight is 293 g/mol. The van der Waals surface area contributed by atoms with E-state index in [1.54, 1.807) is 18.4 Å². The van der Waals surface area contributed by atoms with Gasteiger partial charge in [-0.2, -0.15) is 0 Å². The van der Waals surface area contributed by atoms with Crippen molar-refractivity contribution >= 4 is 27.3 Å². The molecule has 5 heteroatoms. The van der Waals surface area contributed by atoms with E-state index in [4.69, 9.17) is 4.74 Å². The van der Waals surface area contributed by atoms with E-state index < -0.39 is 0 Å². The van der Waals surface area contributed by atoms with Crippen LogP contribution in [0.15, 0.2) is 9.98 Å². The molecule has 0 bridgehead atoms. The van der Waals surface area contributed by atoms with E-state index in [9.17, 15) is 0 Å². The van der Waals surface area contributed by atoms with E-state index in [1.165, 1.54) is 0 Å². The van der Waals surface area contributed by atoms with Gasteiger partial charge in [-0.05, 0) is 36.7 Å². The smallest absolute Gasteiger partial charge is 0.110 e. The molecule has 3 nitrogen and oxygen atoms in total. The Kier molecular flexibility index (Phi) is 4.70. The Bertz CT molecular complexity index is 314. The lowest BCUT2D eigenvalue weighted by atomic mass is 10.1. The lowest BCUT2D eigenvalue weighted by molar-refractivity contribution is 0.0214. The van der Waals surface area contributed by atoms with Crippen molar-refractivity contribution < 1.29 is 4.74 Å². The van der Waals surface area contributed by atoms with Gasteiger partial charge in [0.05, 0.1) is 21.6 Å². The number of nitrogens with zero attached hydrogens (tertiary/aromatic N) is 1. The van der Waals surface area contributed by atoms with Crippen molar-refractivity contribution in [3.63, 3.8) is 0 Å². The Labute approximate surface area is 103 Å². The molecule has 0 aliphatic rings. The predicted molar refractivity (Wildman–Crippen MR) is 67.3 cm³/mol. The normalized spacial score (nSPS) is 14.2. The highest BCUT2D eigenvalue weighted by Gasteiger charge is 2.18. The molecular weight excluding hydrogens is 276 g/mol. The molecule has 1 aromatic heterocycles. The summed E-state index contributed by atoms with van der Waals surface area (Å²) in [5.74, 6) is 0. The number of aromatic nitrogens is 1. The van der Waals surface area contributed by atoms with Crippen molar-refractivity contribution in [2.24, 2.45) is 0 Å². The third kappa shape index (κ3) is 4.18. The number of hydrogen-bond donors (Lipinski definition) is 1. The number of rotatable bonds is 5. The van der Waals surface area contributed by atoms with Crippen molar-refractivity contribution in [1.29, 1.82) is 0 Å². The third-order valence-corrected chi connectivity index (χ3v) is 3.91. The molecule has 0 aliphatic heterocycles. The molecule has 1 aromatic rings. The van der Waals surface area contributed by atoms with Gasteiger partial charge in [-0.15, -0.1) is 11.3 Å². The highest BCUT2D eigenvalue weighted by atomic mass is 79.9. The topological polar surface area (TPSA) is 34.1 Å². The zero-order valence-electron chi connectivity index (χ0n) is 9.50. The minimum absolute atomic E-state index is 0.136. The number of halogens is 1. The van der Waals surface area contributed by atoms with Gasteiger partial charge in [0, 0.05) is 13.7 Å². The van der Waals surface area contributed by atoms with Crippen LogP contribution in [0.3, 0.4) is 0 Å². The second-order valence-electron chi connectivity index (χ2n) is 4.07. The van der Waals surface area contributed by atoms with Crippen LogP contribution in [0.25, 0.3) is 0 Å². The minimum Gasteiger partial charge on any atom is -0.377 e. The van der Waals surface area contributed by atoms with Gasteiger partial charge in [-0.3, -0.25) is 0 Å². The van der Waals surface area contributed by atoms with Gasteiger partial charge in [-0.1, -0.05) is 0 Å². The molecular formula is C10H17BrN2OS. The second-order valence-corrected chi connectivity index (χ2v) is 6.51. The molecule has 0 amide bonds. The summed E-state index contributed by atoms with van der Waals surface area (Å²) < 4.78 is 6.41. The molecule has 0 saturated carbocycles. The largest absolute Gasteiger partial charge is 0.377 e. The van der Waals surface area contributed by atoms with Crippen LogP contribution in [0.5, 0.6) is 0 Å². The van der Waals surface area contributed by atoms with E-state index in [0.717, 1.165) is 15.3 Å². The first-order valence-corrected chi connectivity index (χ1v) is 6.45. The first kappa shape index (κ1) is 13.1. The van der Waals surface area contributed by atoms with Crippen LogP contribution < -0.4 is 5.32 Å². The SMILES string of the molecule is COC(C)(C)CNC(C)c1ncc(Br)s1. The maximum Gasteiger partial charge on any atom is 0.110 e. The highest BCUT2D eigenvalue weighted by molar-refractivity contribution is 9.11. The fourth-order valence-electron chi connectivity index (χ4n) is 1.03. The summed E-state index contributed by atoms with van der Waals surface area (Å²) in [6.45, 7) is 7.04. The van der Waals surface area contributed by atoms with Gasteiger partial charge < -0.3 is 10.1 Å². The van der Waals surface area contributed by atoms with Crippen molar-refractivity contribution in [3.05, 3.63) is 15.0 Å². The fraction of sp³-hybridized carbons (Fsp3) is 0.700. The lowest BCUT2D eigenvalue weighted by Crippen LogP contribution is -2.37. The summed E-state index contributed by atoms with van der Waals surface area (Å²) >= 11 is 5.06. The maximum atomic E-state index is 5.34. The van der Waals surface area contributed by atoms with E-state index >= 15 is 0 Å². The van der Waals surface area contributed by atoms with Gasteiger partial charge in [0.15, 0.2) is 0 Å². The van der Waals surface area contributed by atoms with Crippen molar-refractivity contribution in [2.45, 2.75) is 32.4 Å². The van der Waals surface area contributed by atoms with Gasteiger partial charge in [0.2, 0.25) is 0 Å². The molecule has 0 fully saturated rings. The third-order valence-electron chi connectivity index (χ3n) is 2.25. The second kappa shape index (κ2) is 5.39. The number of hydrogen-bond acceptors (Lipinski definition) is 4. The van der Waals surface area contributed by atoms with E-state index in [1.807, 2.05) is 6.20 Å². The van der Waals surface area contributed by atoms with E-state index in [-0.39, 0.29) is 11.6 Å². The molecule has 1 heterocycles. The Balaban J connectivity index is 2.46. The fourth-order valence-corrected chi connectivity index (χ4v) is 2.30. The van der Waals surface area contributed by atoms with Crippen LogP contribution in [0, 0.1) is 0 Å². The lowest BCUT2D eigenvalue weighted by Gasteiger charge is -2.25. The van der Waals surface area contributed by atoms with Crippen molar-refractivity contribution in [3.8, 4) is 0 Å². The van der Waals surface area contributed by atoms with Crippen molar-refractivity contribution in [2.75, 3.05) is 13.7 Å².